The van der Waals surface area contributed by atoms with Crippen LogP contribution >= 0.6 is 0 Å². The van der Waals surface area contributed by atoms with Crippen LogP contribution in [-0.2, 0) is 16.2 Å². The Morgan fingerprint density at radius 3 is 2.57 bits per heavy atom. The van der Waals surface area contributed by atoms with Crippen molar-refractivity contribution in [2.45, 2.75) is 32.4 Å². The van der Waals surface area contributed by atoms with Crippen LogP contribution in [0.1, 0.15) is 0 Å². The first-order valence-corrected chi connectivity index (χ1v) is 14.3. The summed E-state index contributed by atoms with van der Waals surface area (Å²) in [6, 6.07) is 11.4. The number of hydrogen-bond acceptors (Lipinski definition) is 6. The van der Waals surface area contributed by atoms with E-state index in [0.29, 0.717) is 19.9 Å². The highest BCUT2D eigenvalue weighted by Gasteiger charge is 2.25. The Balaban J connectivity index is 1.77. The molecule has 8 heteroatoms. The summed E-state index contributed by atoms with van der Waals surface area (Å²) in [5.74, 6) is 0.808. The Kier molecular flexibility index (Phi) is 6.28. The summed E-state index contributed by atoms with van der Waals surface area (Å²) in [6.45, 7) is 11.3. The van der Waals surface area contributed by atoms with Gasteiger partial charge in [-0.25, -0.2) is 10.1 Å². The highest BCUT2D eigenvalue weighted by molar-refractivity contribution is 6.76. The van der Waals surface area contributed by atoms with Gasteiger partial charge in [0.05, 0.1) is 18.4 Å². The predicted molar refractivity (Wildman–Crippen MR) is 119 cm³/mol. The van der Waals surface area contributed by atoms with Crippen LogP contribution < -0.4 is 10.7 Å². The molecular formula is C22H32N4O3Si. The highest BCUT2D eigenvalue weighted by atomic mass is 28.3. The molecule has 2 aromatic rings. The molecule has 1 saturated heterocycles. The monoisotopic (exact) mass is 428 g/mol. The molecule has 1 aromatic carbocycles. The lowest BCUT2D eigenvalue weighted by molar-refractivity contribution is -0.0578. The summed E-state index contributed by atoms with van der Waals surface area (Å²) in [7, 11) is -1.13. The van der Waals surface area contributed by atoms with Gasteiger partial charge in [0.1, 0.15) is 24.7 Å². The largest absolute Gasteiger partial charge is 0.378 e. The van der Waals surface area contributed by atoms with E-state index < -0.39 is 8.07 Å². The zero-order valence-electron chi connectivity index (χ0n) is 18.2. The Hall–Kier alpha value is -2.13. The van der Waals surface area contributed by atoms with Crippen molar-refractivity contribution in [2.75, 3.05) is 39.6 Å². The van der Waals surface area contributed by atoms with Crippen molar-refractivity contribution in [1.29, 1.82) is 0 Å². The number of benzene rings is 1. The molecule has 0 radical (unpaired) electrons. The second-order valence-electron chi connectivity index (χ2n) is 9.05. The van der Waals surface area contributed by atoms with Gasteiger partial charge in [-0.1, -0.05) is 50.0 Å². The summed E-state index contributed by atoms with van der Waals surface area (Å²) in [4.78, 5) is 6.88. The molecule has 1 aromatic heterocycles. The van der Waals surface area contributed by atoms with E-state index in [0.717, 1.165) is 53.4 Å². The van der Waals surface area contributed by atoms with Crippen molar-refractivity contribution < 1.29 is 14.7 Å². The number of fused-ring (bicyclic) bond motifs is 1. The number of hydroxylamine groups is 2. The van der Waals surface area contributed by atoms with E-state index in [2.05, 4.69) is 52.4 Å². The quantitative estimate of drug-likeness (QED) is 0.541. The second-order valence-corrected chi connectivity index (χ2v) is 14.7. The number of nitrogens with zero attached hydrogens (tertiary/aromatic N) is 4. The first-order chi connectivity index (χ1) is 14.4. The molecule has 0 bridgehead atoms. The van der Waals surface area contributed by atoms with Gasteiger partial charge in [0, 0.05) is 39.5 Å². The lowest BCUT2D eigenvalue weighted by atomic mass is 10.1. The molecule has 0 aliphatic carbocycles. The summed E-state index contributed by atoms with van der Waals surface area (Å²) in [6.07, 6.45) is 2.11. The minimum Gasteiger partial charge on any atom is -0.378 e. The molecule has 7 nitrogen and oxygen atoms in total. The van der Waals surface area contributed by atoms with E-state index in [1.54, 1.807) is 0 Å². The third-order valence-corrected chi connectivity index (χ3v) is 7.20. The Morgan fingerprint density at radius 2 is 1.87 bits per heavy atom. The number of rotatable bonds is 7. The molecule has 0 unspecified atom stereocenters. The molecule has 0 atom stereocenters. The second kappa shape index (κ2) is 8.93. The molecule has 1 N–H and O–H groups in total. The smallest absolute Gasteiger partial charge is 0.143 e. The van der Waals surface area contributed by atoms with E-state index in [9.17, 15) is 5.21 Å². The number of morpholine rings is 1. The lowest BCUT2D eigenvalue weighted by Gasteiger charge is -2.35. The van der Waals surface area contributed by atoms with Crippen molar-refractivity contribution in [1.82, 2.24) is 14.5 Å². The number of ether oxygens (including phenoxy) is 2. The van der Waals surface area contributed by atoms with E-state index in [-0.39, 0.29) is 6.67 Å². The minimum absolute atomic E-state index is 0.215. The van der Waals surface area contributed by atoms with Crippen molar-refractivity contribution in [2.24, 2.45) is 4.99 Å². The molecule has 0 saturated carbocycles. The fourth-order valence-corrected chi connectivity index (χ4v) is 4.60. The van der Waals surface area contributed by atoms with E-state index in [1.807, 2.05) is 18.2 Å². The maximum atomic E-state index is 10.7. The Bertz CT molecular complexity index is 978. The van der Waals surface area contributed by atoms with Gasteiger partial charge in [0.25, 0.3) is 0 Å². The molecule has 2 aliphatic heterocycles. The van der Waals surface area contributed by atoms with Crippen LogP contribution in [0, 0.1) is 0 Å². The first-order valence-electron chi connectivity index (χ1n) is 10.6. The van der Waals surface area contributed by atoms with Crippen LogP contribution in [0.25, 0.3) is 16.9 Å². The third kappa shape index (κ3) is 4.62. The van der Waals surface area contributed by atoms with Gasteiger partial charge in [0.15, 0.2) is 0 Å². The minimum atomic E-state index is -1.13. The molecule has 4 rings (SSSR count). The standard InChI is InChI=1S/C22H32N4O3Si/c1-30(2,3)14-13-29-17-25-15-19(18-7-5-4-6-8-18)20-21(25)23-16-26(27)22(20)24-9-11-28-12-10-24/h4-8,15,27H,9-14,16-17H2,1-3H3. The zero-order valence-corrected chi connectivity index (χ0v) is 19.2. The van der Waals surface area contributed by atoms with Gasteiger partial charge in [0.2, 0.25) is 0 Å². The summed E-state index contributed by atoms with van der Waals surface area (Å²) >= 11 is 0. The average molecular weight is 429 g/mol. The zero-order chi connectivity index (χ0) is 21.1. The van der Waals surface area contributed by atoms with Gasteiger partial charge >= 0.3 is 0 Å². The van der Waals surface area contributed by atoms with E-state index >= 15 is 0 Å². The topological polar surface area (TPSA) is 62.5 Å². The van der Waals surface area contributed by atoms with Crippen molar-refractivity contribution in [3.8, 4) is 11.1 Å². The summed E-state index contributed by atoms with van der Waals surface area (Å²) in [5.41, 5.74) is 3.03. The van der Waals surface area contributed by atoms with Crippen LogP contribution in [0.3, 0.4) is 0 Å². The van der Waals surface area contributed by atoms with Gasteiger partial charge in [-0.2, -0.15) is 0 Å². The number of aromatic nitrogens is 1. The van der Waals surface area contributed by atoms with E-state index in [4.69, 9.17) is 9.47 Å². The number of hydrogen-bond donors (Lipinski definition) is 1. The molecule has 0 spiro atoms. The molecule has 30 heavy (non-hydrogen) atoms. The summed E-state index contributed by atoms with van der Waals surface area (Å²) < 4.78 is 13.6. The maximum Gasteiger partial charge on any atom is 0.143 e. The Labute approximate surface area is 178 Å². The predicted octanol–water partition coefficient (Wildman–Crippen LogP) is 2.15. The maximum absolute atomic E-state index is 10.7. The third-order valence-electron chi connectivity index (χ3n) is 5.49. The van der Waals surface area contributed by atoms with Gasteiger partial charge in [-0.05, 0) is 11.6 Å². The van der Waals surface area contributed by atoms with Crippen LogP contribution in [0.15, 0.2) is 41.5 Å². The van der Waals surface area contributed by atoms with Gasteiger partial charge < -0.3 is 18.9 Å². The first kappa shape index (κ1) is 21.1. The average Bonchev–Trinajstić information content (AvgIpc) is 3.10. The van der Waals surface area contributed by atoms with Crippen molar-refractivity contribution >= 4 is 13.9 Å². The van der Waals surface area contributed by atoms with Crippen LogP contribution in [0.5, 0.6) is 0 Å². The lowest BCUT2D eigenvalue weighted by Crippen LogP contribution is -2.50. The van der Waals surface area contributed by atoms with Crippen molar-refractivity contribution in [3.05, 3.63) is 47.2 Å². The SMILES string of the molecule is C[Si](C)(C)CCOCn1cc(-c2ccccc2)c2c1=NCN(O)C=2N1CCOCC1. The fraction of sp³-hybridized carbons (Fsp3) is 0.500. The highest BCUT2D eigenvalue weighted by Crippen LogP contribution is 2.19. The van der Waals surface area contributed by atoms with E-state index in [1.165, 1.54) is 5.06 Å². The van der Waals surface area contributed by atoms with Gasteiger partial charge in [-0.3, -0.25) is 5.21 Å². The molecule has 1 fully saturated rings. The van der Waals surface area contributed by atoms with Crippen LogP contribution in [0.4, 0.5) is 0 Å². The summed E-state index contributed by atoms with van der Waals surface area (Å²) in [5, 5.41) is 13.0. The van der Waals surface area contributed by atoms with Crippen LogP contribution in [0.2, 0.25) is 25.7 Å². The molecule has 0 amide bonds. The molecule has 162 valence electrons. The van der Waals surface area contributed by atoms with Gasteiger partial charge in [-0.15, -0.1) is 0 Å². The normalized spacial score (nSPS) is 17.1. The molecule has 3 heterocycles. The van der Waals surface area contributed by atoms with Crippen LogP contribution in [-0.4, -0.2) is 67.4 Å². The Morgan fingerprint density at radius 1 is 1.13 bits per heavy atom. The molecule has 2 aliphatic rings. The van der Waals surface area contributed by atoms with Crippen molar-refractivity contribution in [3.63, 3.8) is 0 Å². The fourth-order valence-electron chi connectivity index (χ4n) is 3.84. The molecular weight excluding hydrogens is 396 g/mol.